The number of hydrogen-bond acceptors (Lipinski definition) is 3. The van der Waals surface area contributed by atoms with Crippen molar-refractivity contribution >= 4 is 11.9 Å². The number of benzene rings is 1. The first-order chi connectivity index (χ1) is 5.93. The molecule has 1 rings (SSSR count). The van der Waals surface area contributed by atoms with E-state index in [0.717, 1.165) is 12.1 Å². The largest absolute Gasteiger partial charge is 0.330 e. The second-order valence-electron chi connectivity index (χ2n) is 2.37. The molecule has 0 radical (unpaired) electrons. The summed E-state index contributed by atoms with van der Waals surface area (Å²) in [5.74, 6) is 0. The smallest absolute Gasteiger partial charge is 0.0561 e. The number of hydrogen-bond donors (Lipinski definition) is 2. The monoisotopic (exact) mass is 163 g/mol. The summed E-state index contributed by atoms with van der Waals surface area (Å²) in [7, 11) is 0. The number of nitrogens with zero attached hydrogens (tertiary/aromatic N) is 1. The summed E-state index contributed by atoms with van der Waals surface area (Å²) in [6.45, 7) is 0.639. The van der Waals surface area contributed by atoms with Crippen LogP contribution in [0.5, 0.6) is 0 Å². The molecule has 64 valence electrons. The maximum absolute atomic E-state index is 5.29. The van der Waals surface area contributed by atoms with Gasteiger partial charge in [0.25, 0.3) is 0 Å². The van der Waals surface area contributed by atoms with Gasteiger partial charge in [-0.2, -0.15) is 5.10 Å². The third-order valence-electron chi connectivity index (χ3n) is 1.35. The van der Waals surface area contributed by atoms with Gasteiger partial charge in [-0.3, -0.25) is 5.43 Å². The minimum atomic E-state index is 0.639. The van der Waals surface area contributed by atoms with Gasteiger partial charge in [0.1, 0.15) is 0 Å². The number of nitrogens with two attached hydrogens (primary N) is 1. The summed E-state index contributed by atoms with van der Waals surface area (Å²) in [5, 5.41) is 3.98. The van der Waals surface area contributed by atoms with Crippen molar-refractivity contribution < 1.29 is 0 Å². The van der Waals surface area contributed by atoms with Crippen LogP contribution < -0.4 is 11.2 Å². The highest BCUT2D eigenvalue weighted by molar-refractivity contribution is 5.59. The zero-order chi connectivity index (χ0) is 8.65. The van der Waals surface area contributed by atoms with Crippen LogP contribution in [0.1, 0.15) is 6.42 Å². The topological polar surface area (TPSA) is 50.4 Å². The van der Waals surface area contributed by atoms with Gasteiger partial charge < -0.3 is 5.73 Å². The molecule has 0 fully saturated rings. The Balaban J connectivity index is 2.33. The summed E-state index contributed by atoms with van der Waals surface area (Å²) in [6.07, 6.45) is 2.58. The summed E-state index contributed by atoms with van der Waals surface area (Å²) < 4.78 is 0. The van der Waals surface area contributed by atoms with E-state index in [-0.39, 0.29) is 0 Å². The zero-order valence-corrected chi connectivity index (χ0v) is 6.90. The molecule has 0 atom stereocenters. The number of rotatable bonds is 4. The van der Waals surface area contributed by atoms with Crippen LogP contribution in [0.15, 0.2) is 35.4 Å². The van der Waals surface area contributed by atoms with E-state index < -0.39 is 0 Å². The predicted molar refractivity (Wildman–Crippen MR) is 52.2 cm³/mol. The van der Waals surface area contributed by atoms with E-state index in [1.807, 2.05) is 30.3 Å². The zero-order valence-electron chi connectivity index (χ0n) is 6.90. The molecule has 1 aromatic carbocycles. The Bertz CT molecular complexity index is 231. The van der Waals surface area contributed by atoms with Crippen molar-refractivity contribution in [1.29, 1.82) is 0 Å². The fourth-order valence-corrected chi connectivity index (χ4v) is 0.772. The number of para-hydroxylation sites is 1. The molecular weight excluding hydrogens is 150 g/mol. The van der Waals surface area contributed by atoms with Gasteiger partial charge in [-0.1, -0.05) is 18.2 Å². The summed E-state index contributed by atoms with van der Waals surface area (Å²) in [4.78, 5) is 0. The maximum atomic E-state index is 5.29. The van der Waals surface area contributed by atoms with Crippen LogP contribution in [0.3, 0.4) is 0 Å². The van der Waals surface area contributed by atoms with E-state index in [9.17, 15) is 0 Å². The van der Waals surface area contributed by atoms with Crippen LogP contribution in [0, 0.1) is 0 Å². The molecule has 0 bridgehead atoms. The fourth-order valence-electron chi connectivity index (χ4n) is 0.772. The van der Waals surface area contributed by atoms with Crippen LogP contribution in [0.25, 0.3) is 0 Å². The molecule has 0 spiro atoms. The number of hydrazone groups is 1. The van der Waals surface area contributed by atoms with Crippen LogP contribution in [-0.4, -0.2) is 12.8 Å². The van der Waals surface area contributed by atoms with Crippen LogP contribution in [-0.2, 0) is 0 Å². The lowest BCUT2D eigenvalue weighted by molar-refractivity contribution is 1.05. The number of nitrogens with one attached hydrogen (secondary N) is 1. The Morgan fingerprint density at radius 3 is 2.75 bits per heavy atom. The van der Waals surface area contributed by atoms with Crippen molar-refractivity contribution in [3.8, 4) is 0 Å². The van der Waals surface area contributed by atoms with E-state index >= 15 is 0 Å². The molecule has 3 nitrogen and oxygen atoms in total. The van der Waals surface area contributed by atoms with Crippen LogP contribution in [0.4, 0.5) is 5.69 Å². The highest BCUT2D eigenvalue weighted by Gasteiger charge is 1.82. The first-order valence-corrected chi connectivity index (χ1v) is 3.96. The predicted octanol–water partition coefficient (Wildman–Crippen LogP) is 1.43. The summed E-state index contributed by atoms with van der Waals surface area (Å²) in [6, 6.07) is 9.80. The van der Waals surface area contributed by atoms with Gasteiger partial charge in [0.05, 0.1) is 5.69 Å². The fraction of sp³-hybridized carbons (Fsp3) is 0.222. The second kappa shape index (κ2) is 5.32. The molecule has 0 aliphatic rings. The Morgan fingerprint density at radius 1 is 1.33 bits per heavy atom. The lowest BCUT2D eigenvalue weighted by Crippen LogP contribution is -1.99. The molecule has 0 saturated heterocycles. The van der Waals surface area contributed by atoms with Crippen molar-refractivity contribution in [2.24, 2.45) is 10.8 Å². The molecule has 0 aromatic heterocycles. The average molecular weight is 163 g/mol. The Morgan fingerprint density at radius 2 is 2.08 bits per heavy atom. The molecular formula is C9H13N3. The Kier molecular flexibility index (Phi) is 3.88. The van der Waals surface area contributed by atoms with Crippen molar-refractivity contribution in [2.75, 3.05) is 12.0 Å². The molecule has 0 saturated carbocycles. The highest BCUT2D eigenvalue weighted by atomic mass is 15.3. The summed E-state index contributed by atoms with van der Waals surface area (Å²) in [5.41, 5.74) is 9.17. The van der Waals surface area contributed by atoms with E-state index in [1.54, 1.807) is 6.21 Å². The van der Waals surface area contributed by atoms with Crippen LogP contribution in [0.2, 0.25) is 0 Å². The Hall–Kier alpha value is -1.35. The molecule has 3 N–H and O–H groups in total. The van der Waals surface area contributed by atoms with Crippen molar-refractivity contribution in [3.63, 3.8) is 0 Å². The molecule has 0 amide bonds. The van der Waals surface area contributed by atoms with Gasteiger partial charge >= 0.3 is 0 Å². The van der Waals surface area contributed by atoms with Crippen molar-refractivity contribution in [2.45, 2.75) is 6.42 Å². The minimum absolute atomic E-state index is 0.639. The van der Waals surface area contributed by atoms with Gasteiger partial charge in [-0.25, -0.2) is 0 Å². The number of anilines is 1. The quantitative estimate of drug-likeness (QED) is 0.521. The van der Waals surface area contributed by atoms with Gasteiger partial charge in [-0.15, -0.1) is 0 Å². The van der Waals surface area contributed by atoms with Gasteiger partial charge in [0.2, 0.25) is 0 Å². The van der Waals surface area contributed by atoms with Gasteiger partial charge in [0, 0.05) is 6.21 Å². The lowest BCUT2D eigenvalue weighted by atomic mass is 10.3. The molecule has 0 aliphatic carbocycles. The van der Waals surface area contributed by atoms with Crippen LogP contribution >= 0.6 is 0 Å². The summed E-state index contributed by atoms with van der Waals surface area (Å²) >= 11 is 0. The van der Waals surface area contributed by atoms with E-state index in [0.29, 0.717) is 6.54 Å². The molecule has 12 heavy (non-hydrogen) atoms. The van der Waals surface area contributed by atoms with E-state index in [2.05, 4.69) is 10.5 Å². The lowest BCUT2D eigenvalue weighted by Gasteiger charge is -1.97. The molecule has 0 heterocycles. The van der Waals surface area contributed by atoms with E-state index in [4.69, 9.17) is 5.73 Å². The maximum Gasteiger partial charge on any atom is 0.0561 e. The highest BCUT2D eigenvalue weighted by Crippen LogP contribution is 2.03. The molecule has 0 aliphatic heterocycles. The standard InChI is InChI=1S/C9H13N3/c10-7-4-8-11-12-9-5-2-1-3-6-9/h1-3,5-6,8,12H,4,7,10H2/b11-8+. The molecule has 1 aromatic rings. The van der Waals surface area contributed by atoms with Crippen molar-refractivity contribution in [3.05, 3.63) is 30.3 Å². The minimum Gasteiger partial charge on any atom is -0.330 e. The Labute approximate surface area is 72.3 Å². The third-order valence-corrected chi connectivity index (χ3v) is 1.35. The molecule has 0 unspecified atom stereocenters. The van der Waals surface area contributed by atoms with E-state index in [1.165, 1.54) is 0 Å². The van der Waals surface area contributed by atoms with Gasteiger partial charge in [0.15, 0.2) is 0 Å². The molecule has 3 heteroatoms. The van der Waals surface area contributed by atoms with Gasteiger partial charge in [-0.05, 0) is 25.1 Å². The van der Waals surface area contributed by atoms with Crippen molar-refractivity contribution in [1.82, 2.24) is 0 Å². The third kappa shape index (κ3) is 3.16. The normalized spacial score (nSPS) is 10.4. The second-order valence-corrected chi connectivity index (χ2v) is 2.37. The SMILES string of the molecule is NCC/C=N/Nc1ccccc1. The first-order valence-electron chi connectivity index (χ1n) is 3.96. The first kappa shape index (κ1) is 8.74. The average Bonchev–Trinajstić information content (AvgIpc) is 2.14.